The van der Waals surface area contributed by atoms with E-state index in [0.717, 1.165) is 28.2 Å². The van der Waals surface area contributed by atoms with Gasteiger partial charge in [0.1, 0.15) is 17.4 Å². The number of hydrogen-bond donors (Lipinski definition) is 1. The summed E-state index contributed by atoms with van der Waals surface area (Å²) in [5.74, 6) is -0.354. The summed E-state index contributed by atoms with van der Waals surface area (Å²) in [6.45, 7) is 7.12. The third-order valence-electron chi connectivity index (χ3n) is 4.88. The first-order valence-corrected chi connectivity index (χ1v) is 9.76. The molecule has 0 aliphatic rings. The number of aryl methyl sites for hydroxylation is 2. The number of anilines is 1. The van der Waals surface area contributed by atoms with Crippen LogP contribution in [0.25, 0.3) is 11.8 Å². The van der Waals surface area contributed by atoms with Gasteiger partial charge in [-0.3, -0.25) is 9.59 Å². The van der Waals surface area contributed by atoms with E-state index in [2.05, 4.69) is 5.32 Å². The van der Waals surface area contributed by atoms with Crippen LogP contribution in [0.15, 0.2) is 60.2 Å². The van der Waals surface area contributed by atoms with Crippen molar-refractivity contribution in [3.05, 3.63) is 82.7 Å². The van der Waals surface area contributed by atoms with Crippen LogP contribution in [0.1, 0.15) is 29.4 Å². The number of carbonyl (C=O) groups is 2. The van der Waals surface area contributed by atoms with E-state index in [0.29, 0.717) is 11.4 Å². The summed E-state index contributed by atoms with van der Waals surface area (Å²) in [7, 11) is 0. The number of nitriles is 1. The van der Waals surface area contributed by atoms with Gasteiger partial charge in [0.05, 0.1) is 0 Å². The molecule has 1 heterocycles. The molecule has 0 atom stereocenters. The van der Waals surface area contributed by atoms with Gasteiger partial charge in [0.25, 0.3) is 5.91 Å². The van der Waals surface area contributed by atoms with Crippen LogP contribution in [-0.2, 0) is 9.59 Å². The standard InChI is InChI=1S/C25H23N3O3/c1-16-7-5-6-8-24(16)27-25(30)21(15-26)14-20-13-17(2)28(18(20)3)22-9-11-23(12-10-22)31-19(4)29/h5-14H,1-4H3,(H,27,30)/b21-14-. The fourth-order valence-electron chi connectivity index (χ4n) is 3.37. The third-order valence-corrected chi connectivity index (χ3v) is 4.88. The van der Waals surface area contributed by atoms with Crippen molar-refractivity contribution < 1.29 is 14.3 Å². The first kappa shape index (κ1) is 21.6. The molecule has 3 rings (SSSR count). The molecule has 0 aliphatic carbocycles. The molecule has 0 saturated heterocycles. The Labute approximate surface area is 181 Å². The Kier molecular flexibility index (Phi) is 6.37. The molecule has 6 nitrogen and oxygen atoms in total. The lowest BCUT2D eigenvalue weighted by atomic mass is 10.1. The Balaban J connectivity index is 1.90. The number of amides is 1. The van der Waals surface area contributed by atoms with Crippen molar-refractivity contribution in [2.45, 2.75) is 27.7 Å². The zero-order valence-electron chi connectivity index (χ0n) is 17.9. The molecule has 0 bridgehead atoms. The lowest BCUT2D eigenvalue weighted by molar-refractivity contribution is -0.131. The van der Waals surface area contributed by atoms with E-state index < -0.39 is 5.91 Å². The van der Waals surface area contributed by atoms with E-state index in [1.807, 2.05) is 67.8 Å². The van der Waals surface area contributed by atoms with Gasteiger partial charge in [0, 0.05) is 29.7 Å². The Morgan fingerprint density at radius 2 is 1.74 bits per heavy atom. The molecule has 1 amide bonds. The molecular formula is C25H23N3O3. The molecule has 0 saturated carbocycles. The average molecular weight is 413 g/mol. The van der Waals surface area contributed by atoms with Gasteiger partial charge in [-0.15, -0.1) is 0 Å². The number of ether oxygens (including phenoxy) is 1. The lowest BCUT2D eigenvalue weighted by Crippen LogP contribution is -2.14. The van der Waals surface area contributed by atoms with E-state index in [9.17, 15) is 14.9 Å². The minimum Gasteiger partial charge on any atom is -0.427 e. The minimum absolute atomic E-state index is 0.0220. The second kappa shape index (κ2) is 9.14. The molecular weight excluding hydrogens is 390 g/mol. The maximum atomic E-state index is 12.6. The number of esters is 1. The smallest absolute Gasteiger partial charge is 0.308 e. The number of rotatable bonds is 5. The van der Waals surface area contributed by atoms with Crippen molar-refractivity contribution in [2.24, 2.45) is 0 Å². The summed E-state index contributed by atoms with van der Waals surface area (Å²) >= 11 is 0. The van der Waals surface area contributed by atoms with E-state index in [1.54, 1.807) is 24.3 Å². The highest BCUT2D eigenvalue weighted by molar-refractivity contribution is 6.10. The molecule has 0 radical (unpaired) electrons. The van der Waals surface area contributed by atoms with Crippen LogP contribution < -0.4 is 10.1 Å². The largest absolute Gasteiger partial charge is 0.427 e. The highest BCUT2D eigenvalue weighted by Gasteiger charge is 2.15. The summed E-state index contributed by atoms with van der Waals surface area (Å²) in [6, 6.07) is 18.5. The predicted octanol–water partition coefficient (Wildman–Crippen LogP) is 4.87. The number of benzene rings is 2. The van der Waals surface area contributed by atoms with Crippen molar-refractivity contribution in [3.63, 3.8) is 0 Å². The van der Waals surface area contributed by atoms with Crippen LogP contribution in [-0.4, -0.2) is 16.4 Å². The lowest BCUT2D eigenvalue weighted by Gasteiger charge is -2.11. The van der Waals surface area contributed by atoms with Crippen molar-refractivity contribution in [1.29, 1.82) is 5.26 Å². The summed E-state index contributed by atoms with van der Waals surface area (Å²) in [6.07, 6.45) is 1.60. The molecule has 0 fully saturated rings. The zero-order chi connectivity index (χ0) is 22.5. The van der Waals surface area contributed by atoms with Crippen LogP contribution in [0, 0.1) is 32.1 Å². The highest BCUT2D eigenvalue weighted by atomic mass is 16.5. The second-order valence-corrected chi connectivity index (χ2v) is 7.19. The molecule has 3 aromatic rings. The van der Waals surface area contributed by atoms with Gasteiger partial charge in [-0.2, -0.15) is 5.26 Å². The number of nitrogens with one attached hydrogen (secondary N) is 1. The number of para-hydroxylation sites is 1. The van der Waals surface area contributed by atoms with Crippen molar-refractivity contribution in [3.8, 4) is 17.5 Å². The van der Waals surface area contributed by atoms with Crippen molar-refractivity contribution >= 4 is 23.6 Å². The van der Waals surface area contributed by atoms with E-state index in [-0.39, 0.29) is 11.5 Å². The normalized spacial score (nSPS) is 11.0. The second-order valence-electron chi connectivity index (χ2n) is 7.19. The first-order valence-electron chi connectivity index (χ1n) is 9.76. The number of hydrogen-bond acceptors (Lipinski definition) is 4. The van der Waals surface area contributed by atoms with Gasteiger partial charge in [0.15, 0.2) is 0 Å². The van der Waals surface area contributed by atoms with Gasteiger partial charge < -0.3 is 14.6 Å². The monoisotopic (exact) mass is 413 g/mol. The summed E-state index contributed by atoms with van der Waals surface area (Å²) < 4.78 is 7.09. The summed E-state index contributed by atoms with van der Waals surface area (Å²) in [4.78, 5) is 23.8. The van der Waals surface area contributed by atoms with Crippen molar-refractivity contribution in [1.82, 2.24) is 4.57 Å². The molecule has 31 heavy (non-hydrogen) atoms. The average Bonchev–Trinajstić information content (AvgIpc) is 3.01. The summed E-state index contributed by atoms with van der Waals surface area (Å²) in [5.41, 5.74) is 5.10. The Bertz CT molecular complexity index is 1210. The molecule has 1 N–H and O–H groups in total. The Morgan fingerprint density at radius 1 is 1.06 bits per heavy atom. The minimum atomic E-state index is -0.452. The van der Waals surface area contributed by atoms with Gasteiger partial charge in [0.2, 0.25) is 0 Å². The zero-order valence-corrected chi connectivity index (χ0v) is 17.9. The highest BCUT2D eigenvalue weighted by Crippen LogP contribution is 2.25. The van der Waals surface area contributed by atoms with Crippen LogP contribution in [0.4, 0.5) is 5.69 Å². The molecule has 1 aromatic heterocycles. The maximum absolute atomic E-state index is 12.6. The van der Waals surface area contributed by atoms with Gasteiger partial charge in [-0.1, -0.05) is 18.2 Å². The van der Waals surface area contributed by atoms with E-state index in [4.69, 9.17) is 4.74 Å². The molecule has 0 aliphatic heterocycles. The molecule has 0 unspecified atom stereocenters. The SMILES string of the molecule is CC(=O)Oc1ccc(-n2c(C)cc(/C=C(/C#N)C(=O)Nc3ccccc3C)c2C)cc1. The fraction of sp³-hybridized carbons (Fsp3) is 0.160. The number of aromatic nitrogens is 1. The third kappa shape index (κ3) is 4.90. The van der Waals surface area contributed by atoms with Gasteiger partial charge >= 0.3 is 5.97 Å². The maximum Gasteiger partial charge on any atom is 0.308 e. The predicted molar refractivity (Wildman–Crippen MR) is 120 cm³/mol. The van der Waals surface area contributed by atoms with Crippen molar-refractivity contribution in [2.75, 3.05) is 5.32 Å². The Hall–Kier alpha value is -4.11. The Morgan fingerprint density at radius 3 is 2.35 bits per heavy atom. The van der Waals surface area contributed by atoms with Crippen LogP contribution in [0.3, 0.4) is 0 Å². The van der Waals surface area contributed by atoms with Crippen LogP contribution in [0.2, 0.25) is 0 Å². The van der Waals surface area contributed by atoms with Crippen LogP contribution >= 0.6 is 0 Å². The van der Waals surface area contributed by atoms with Gasteiger partial charge in [-0.05, 0) is 74.4 Å². The topological polar surface area (TPSA) is 84.1 Å². The molecule has 2 aromatic carbocycles. The molecule has 0 spiro atoms. The van der Waals surface area contributed by atoms with Gasteiger partial charge in [-0.25, -0.2) is 0 Å². The molecule has 156 valence electrons. The molecule has 6 heteroatoms. The number of nitrogens with zero attached hydrogens (tertiary/aromatic N) is 2. The first-order chi connectivity index (χ1) is 14.8. The van der Waals surface area contributed by atoms with Crippen LogP contribution in [0.5, 0.6) is 5.75 Å². The summed E-state index contributed by atoms with van der Waals surface area (Å²) in [5, 5.41) is 12.4. The van der Waals surface area contributed by atoms with E-state index >= 15 is 0 Å². The number of carbonyl (C=O) groups excluding carboxylic acids is 2. The fourth-order valence-corrected chi connectivity index (χ4v) is 3.37. The quantitative estimate of drug-likeness (QED) is 0.280. The van der Waals surface area contributed by atoms with E-state index in [1.165, 1.54) is 6.92 Å².